The minimum atomic E-state index is -4.83. The van der Waals surface area contributed by atoms with Crippen LogP contribution in [0.15, 0.2) is 40.5 Å². The van der Waals surface area contributed by atoms with Crippen LogP contribution in [0.2, 0.25) is 0 Å². The number of rotatable bonds is 9. The number of ether oxygens (including phenoxy) is 2. The van der Waals surface area contributed by atoms with E-state index in [-0.39, 0.29) is 12.5 Å². The minimum Gasteiger partial charge on any atom is -0.497 e. The topological polar surface area (TPSA) is 88.1 Å². The molecule has 1 aromatic carbocycles. The molecule has 3 aromatic rings. The van der Waals surface area contributed by atoms with Gasteiger partial charge in [0, 0.05) is 4.90 Å². The molecule has 0 amide bonds. The Bertz CT molecular complexity index is 1160. The molecule has 0 unspecified atom stereocenters. The van der Waals surface area contributed by atoms with Crippen LogP contribution in [-0.2, 0) is 11.3 Å². The van der Waals surface area contributed by atoms with Crippen molar-refractivity contribution < 1.29 is 35.8 Å². The van der Waals surface area contributed by atoms with Crippen LogP contribution in [0.1, 0.15) is 25.7 Å². The first kappa shape index (κ1) is 25.4. The summed E-state index contributed by atoms with van der Waals surface area (Å²) in [6.45, 7) is -0.0359. The fourth-order valence-corrected chi connectivity index (χ4v) is 4.38. The van der Waals surface area contributed by atoms with Crippen LogP contribution in [0.4, 0.5) is 32.3 Å². The molecule has 2 heterocycles. The lowest BCUT2D eigenvalue weighted by Gasteiger charge is -2.26. The highest BCUT2D eigenvalue weighted by atomic mass is 32.2. The van der Waals surface area contributed by atoms with Gasteiger partial charge in [0.2, 0.25) is 5.95 Å². The summed E-state index contributed by atoms with van der Waals surface area (Å²) < 4.78 is 89.1. The Morgan fingerprint density at radius 1 is 1.06 bits per heavy atom. The maximum absolute atomic E-state index is 12.8. The van der Waals surface area contributed by atoms with Crippen molar-refractivity contribution >= 4 is 28.9 Å². The number of hydrogen-bond donors (Lipinski definition) is 1. The van der Waals surface area contributed by atoms with Gasteiger partial charge in [-0.3, -0.25) is 0 Å². The number of methoxy groups -OCH3 is 1. The molecule has 1 fully saturated rings. The SMILES string of the molecule is COc1ccc(Sc2nc(N)nc3c2ncn3CC2(O[C](CC(F)(F)F)CC(F)(F)F)CC2)cc1. The maximum Gasteiger partial charge on any atom is 0.391 e. The van der Waals surface area contributed by atoms with Crippen LogP contribution in [0, 0.1) is 6.10 Å². The van der Waals surface area contributed by atoms with Crippen molar-refractivity contribution in [1.29, 1.82) is 0 Å². The second-order valence-electron chi connectivity index (χ2n) is 8.12. The number of alkyl halides is 6. The van der Waals surface area contributed by atoms with Crippen molar-refractivity contribution in [3.05, 3.63) is 36.7 Å². The number of nitrogen functional groups attached to an aromatic ring is 1. The second-order valence-corrected chi connectivity index (χ2v) is 9.18. The first-order valence-corrected chi connectivity index (χ1v) is 11.1. The zero-order valence-corrected chi connectivity index (χ0v) is 19.1. The summed E-state index contributed by atoms with van der Waals surface area (Å²) in [5.41, 5.74) is 5.36. The van der Waals surface area contributed by atoms with Gasteiger partial charge in [-0.05, 0) is 37.1 Å². The number of imidazole rings is 1. The largest absolute Gasteiger partial charge is 0.497 e. The first-order valence-electron chi connectivity index (χ1n) is 10.3. The lowest BCUT2D eigenvalue weighted by molar-refractivity contribution is -0.177. The Kier molecular flexibility index (Phi) is 6.79. The van der Waals surface area contributed by atoms with E-state index in [2.05, 4.69) is 15.0 Å². The highest BCUT2D eigenvalue weighted by Gasteiger charge is 2.50. The van der Waals surface area contributed by atoms with E-state index in [0.29, 0.717) is 34.8 Å². The fourth-order valence-electron chi connectivity index (χ4n) is 3.51. The Hall–Kier alpha value is -2.74. The molecule has 0 saturated heterocycles. The third kappa shape index (κ3) is 6.69. The predicted octanol–water partition coefficient (Wildman–Crippen LogP) is 5.55. The Morgan fingerprint density at radius 2 is 1.69 bits per heavy atom. The van der Waals surface area contributed by atoms with E-state index in [1.165, 1.54) is 22.7 Å². The molecule has 0 atom stereocenters. The molecule has 2 aromatic heterocycles. The number of benzene rings is 1. The Morgan fingerprint density at radius 3 is 2.23 bits per heavy atom. The van der Waals surface area contributed by atoms with Gasteiger partial charge in [-0.1, -0.05) is 11.8 Å². The lowest BCUT2D eigenvalue weighted by Crippen LogP contribution is -2.29. The molecule has 0 bridgehead atoms. The van der Waals surface area contributed by atoms with Gasteiger partial charge in [-0.25, -0.2) is 9.97 Å². The molecule has 189 valence electrons. The van der Waals surface area contributed by atoms with Gasteiger partial charge in [-0.15, -0.1) is 0 Å². The van der Waals surface area contributed by atoms with E-state index in [1.54, 1.807) is 19.2 Å². The summed E-state index contributed by atoms with van der Waals surface area (Å²) in [6, 6.07) is 7.17. The molecule has 7 nitrogen and oxygen atoms in total. The summed E-state index contributed by atoms with van der Waals surface area (Å²) in [6.07, 6.45) is -12.3. The summed E-state index contributed by atoms with van der Waals surface area (Å²) >= 11 is 1.27. The zero-order chi connectivity index (χ0) is 25.4. The number of nitrogens with two attached hydrogens (primary N) is 1. The van der Waals surface area contributed by atoms with Gasteiger partial charge in [0.05, 0.1) is 38.4 Å². The molecule has 1 radical (unpaired) electrons. The third-order valence-corrected chi connectivity index (χ3v) is 6.13. The molecule has 2 N–H and O–H groups in total. The molecule has 0 aliphatic heterocycles. The molecular formula is C21H20F6N5O2S. The van der Waals surface area contributed by atoms with E-state index in [1.807, 2.05) is 12.1 Å². The molecule has 35 heavy (non-hydrogen) atoms. The summed E-state index contributed by atoms with van der Waals surface area (Å²) in [5.74, 6) is 0.621. The Labute approximate surface area is 200 Å². The first-order chi connectivity index (χ1) is 16.3. The van der Waals surface area contributed by atoms with Crippen LogP contribution in [0.3, 0.4) is 0 Å². The van der Waals surface area contributed by atoms with Crippen LogP contribution in [-0.4, -0.2) is 44.6 Å². The highest BCUT2D eigenvalue weighted by molar-refractivity contribution is 7.99. The number of anilines is 1. The standard InChI is InChI=1S/C21H20F6N5O2S/c1-33-12-2-4-14(5-3-12)35-17-15-16(30-18(28)31-17)32(11-29-15)10-19(6-7-19)34-13(8-20(22,23)24)9-21(25,26)27/h2-5,11H,6-10H2,1H3,(H2,28,30,31). The minimum absolute atomic E-state index is 0.0359. The van der Waals surface area contributed by atoms with Gasteiger partial charge < -0.3 is 19.8 Å². The molecule has 1 aliphatic carbocycles. The summed E-state index contributed by atoms with van der Waals surface area (Å²) in [4.78, 5) is 13.6. The quantitative estimate of drug-likeness (QED) is 0.292. The van der Waals surface area contributed by atoms with E-state index >= 15 is 0 Å². The van der Waals surface area contributed by atoms with Crippen molar-refractivity contribution in [2.24, 2.45) is 0 Å². The van der Waals surface area contributed by atoms with Crippen molar-refractivity contribution in [2.45, 2.75) is 60.1 Å². The van der Waals surface area contributed by atoms with E-state index in [0.717, 1.165) is 4.90 Å². The number of nitrogens with zero attached hydrogens (tertiary/aromatic N) is 4. The van der Waals surface area contributed by atoms with E-state index < -0.39 is 36.9 Å². The van der Waals surface area contributed by atoms with Gasteiger partial charge >= 0.3 is 12.4 Å². The molecule has 0 spiro atoms. The van der Waals surface area contributed by atoms with Crippen molar-refractivity contribution in [1.82, 2.24) is 19.5 Å². The molecule has 1 aliphatic rings. The van der Waals surface area contributed by atoms with Gasteiger partial charge in [0.15, 0.2) is 5.65 Å². The van der Waals surface area contributed by atoms with Crippen molar-refractivity contribution in [3.8, 4) is 5.75 Å². The van der Waals surface area contributed by atoms with Gasteiger partial charge in [0.1, 0.15) is 22.4 Å². The van der Waals surface area contributed by atoms with Gasteiger partial charge in [0.25, 0.3) is 0 Å². The summed E-state index contributed by atoms with van der Waals surface area (Å²) in [5, 5.41) is 0.448. The highest BCUT2D eigenvalue weighted by Crippen LogP contribution is 2.47. The fraction of sp³-hybridized carbons (Fsp3) is 0.429. The zero-order valence-electron chi connectivity index (χ0n) is 18.3. The average Bonchev–Trinajstić information content (AvgIpc) is 3.36. The van der Waals surface area contributed by atoms with Crippen LogP contribution in [0.25, 0.3) is 11.2 Å². The van der Waals surface area contributed by atoms with E-state index in [9.17, 15) is 26.3 Å². The predicted molar refractivity (Wildman–Crippen MR) is 114 cm³/mol. The lowest BCUT2D eigenvalue weighted by atomic mass is 10.1. The number of halogens is 6. The van der Waals surface area contributed by atoms with Crippen LogP contribution < -0.4 is 10.5 Å². The number of hydrogen-bond acceptors (Lipinski definition) is 7. The Balaban J connectivity index is 1.56. The maximum atomic E-state index is 12.8. The van der Waals surface area contributed by atoms with Gasteiger partial charge in [-0.2, -0.15) is 31.3 Å². The van der Waals surface area contributed by atoms with E-state index in [4.69, 9.17) is 15.2 Å². The summed E-state index contributed by atoms with van der Waals surface area (Å²) in [7, 11) is 1.55. The van der Waals surface area contributed by atoms with Crippen LogP contribution in [0.5, 0.6) is 5.75 Å². The second kappa shape index (κ2) is 9.37. The smallest absolute Gasteiger partial charge is 0.391 e. The average molecular weight is 520 g/mol. The van der Waals surface area contributed by atoms with Crippen molar-refractivity contribution in [2.75, 3.05) is 12.8 Å². The molecule has 14 heteroatoms. The molecular weight excluding hydrogens is 500 g/mol. The van der Waals surface area contributed by atoms with Crippen LogP contribution >= 0.6 is 11.8 Å². The number of fused-ring (bicyclic) bond motifs is 1. The molecule has 1 saturated carbocycles. The van der Waals surface area contributed by atoms with Crippen molar-refractivity contribution in [3.63, 3.8) is 0 Å². The monoisotopic (exact) mass is 520 g/mol. The third-order valence-electron chi connectivity index (χ3n) is 5.15. The number of aromatic nitrogens is 4. The normalized spacial score (nSPS) is 15.7. The molecule has 4 rings (SSSR count).